The number of halogens is 4. The molecule has 0 atom stereocenters. The number of ether oxygens (including phenoxy) is 1. The molecule has 3 rings (SSSR count). The summed E-state index contributed by atoms with van der Waals surface area (Å²) in [5, 5.41) is 11.1. The topological polar surface area (TPSA) is 95.4 Å². The molecule has 3 aromatic rings. The zero-order valence-electron chi connectivity index (χ0n) is 12.5. The summed E-state index contributed by atoms with van der Waals surface area (Å²) in [4.78, 5) is 14.7. The maximum absolute atomic E-state index is 13.1. The Hall–Kier alpha value is -3.05. The second-order valence-electron chi connectivity index (χ2n) is 4.76. The number of rotatable bonds is 5. The zero-order valence-corrected chi connectivity index (χ0v) is 12.5. The average molecular weight is 359 g/mol. The van der Waals surface area contributed by atoms with Gasteiger partial charge in [-0.05, 0) is 6.07 Å². The lowest BCUT2D eigenvalue weighted by molar-refractivity contribution is -0.140. The largest absolute Gasteiger partial charge is 0.469 e. The number of aromatic nitrogens is 5. The number of hydrogen-bond donors (Lipinski definition) is 0. The molecule has 3 heterocycles. The Morgan fingerprint density at radius 3 is 2.64 bits per heavy atom. The fourth-order valence-electron chi connectivity index (χ4n) is 2.01. The predicted octanol–water partition coefficient (Wildman–Crippen LogP) is 2.37. The number of hydrogen-bond acceptors (Lipinski definition) is 7. The SMILES string of the molecule is COC(=O)Cc1nnc(-c2cc3nc(C(F)F)cc(C(F)F)n3n2)o1. The molecule has 0 aromatic carbocycles. The van der Waals surface area contributed by atoms with Crippen LogP contribution >= 0.6 is 0 Å². The number of fused-ring (bicyclic) bond motifs is 1. The summed E-state index contributed by atoms with van der Waals surface area (Å²) < 4.78 is 62.2. The molecule has 0 saturated heterocycles. The van der Waals surface area contributed by atoms with Crippen molar-refractivity contribution in [2.24, 2.45) is 0 Å². The van der Waals surface area contributed by atoms with Crippen molar-refractivity contribution in [2.75, 3.05) is 7.11 Å². The summed E-state index contributed by atoms with van der Waals surface area (Å²) in [6.45, 7) is 0. The highest BCUT2D eigenvalue weighted by Gasteiger charge is 2.22. The summed E-state index contributed by atoms with van der Waals surface area (Å²) in [7, 11) is 1.18. The summed E-state index contributed by atoms with van der Waals surface area (Å²) in [5.41, 5.74) is -1.83. The Morgan fingerprint density at radius 1 is 1.24 bits per heavy atom. The standard InChI is InChI=1S/C13H9F4N5O3/c1-24-10(23)4-9-19-20-13(25-9)6-3-8-18-5(11(14)15)2-7(12(16)17)22(8)21-6/h2-3,11-12H,4H2,1H3. The first-order chi connectivity index (χ1) is 11.9. The van der Waals surface area contributed by atoms with Gasteiger partial charge in [0.15, 0.2) is 11.3 Å². The zero-order chi connectivity index (χ0) is 18.1. The maximum Gasteiger partial charge on any atom is 0.315 e. The first kappa shape index (κ1) is 16.8. The lowest BCUT2D eigenvalue weighted by Gasteiger charge is -2.06. The van der Waals surface area contributed by atoms with E-state index in [1.54, 1.807) is 0 Å². The molecule has 0 aliphatic rings. The van der Waals surface area contributed by atoms with E-state index in [4.69, 9.17) is 4.42 Å². The van der Waals surface area contributed by atoms with Crippen LogP contribution in [0, 0.1) is 0 Å². The van der Waals surface area contributed by atoms with Crippen LogP contribution in [0.3, 0.4) is 0 Å². The highest BCUT2D eigenvalue weighted by molar-refractivity contribution is 5.71. The highest BCUT2D eigenvalue weighted by atomic mass is 19.3. The van der Waals surface area contributed by atoms with Crippen LogP contribution < -0.4 is 0 Å². The van der Waals surface area contributed by atoms with E-state index in [0.29, 0.717) is 6.07 Å². The van der Waals surface area contributed by atoms with Crippen LogP contribution in [0.1, 0.15) is 30.1 Å². The second kappa shape index (κ2) is 6.45. The van der Waals surface area contributed by atoms with Crippen molar-refractivity contribution in [1.29, 1.82) is 0 Å². The summed E-state index contributed by atoms with van der Waals surface area (Å²) in [6.07, 6.45) is -6.35. The van der Waals surface area contributed by atoms with Crippen LogP contribution in [0.25, 0.3) is 17.2 Å². The minimum absolute atomic E-state index is 0.0515. The van der Waals surface area contributed by atoms with Crippen LogP contribution in [0.5, 0.6) is 0 Å². The van der Waals surface area contributed by atoms with Crippen molar-refractivity contribution in [3.05, 3.63) is 29.4 Å². The van der Waals surface area contributed by atoms with E-state index >= 15 is 0 Å². The van der Waals surface area contributed by atoms with Gasteiger partial charge in [0.2, 0.25) is 5.89 Å². The predicted molar refractivity (Wildman–Crippen MR) is 71.9 cm³/mol. The van der Waals surface area contributed by atoms with Crippen molar-refractivity contribution in [3.8, 4) is 11.6 Å². The Balaban J connectivity index is 2.03. The molecule has 132 valence electrons. The van der Waals surface area contributed by atoms with E-state index in [9.17, 15) is 22.4 Å². The quantitative estimate of drug-likeness (QED) is 0.510. The van der Waals surface area contributed by atoms with Gasteiger partial charge in [-0.25, -0.2) is 27.1 Å². The maximum atomic E-state index is 13.1. The molecule has 0 fully saturated rings. The molecular weight excluding hydrogens is 350 g/mol. The van der Waals surface area contributed by atoms with E-state index in [1.807, 2.05) is 0 Å². The van der Waals surface area contributed by atoms with E-state index in [-0.39, 0.29) is 29.5 Å². The Bertz CT molecular complexity index is 924. The Labute approximate surface area is 136 Å². The van der Waals surface area contributed by atoms with E-state index in [1.165, 1.54) is 7.11 Å². The molecular formula is C13H9F4N5O3. The van der Waals surface area contributed by atoms with Gasteiger partial charge in [0.05, 0.1) is 7.11 Å². The smallest absolute Gasteiger partial charge is 0.315 e. The third-order valence-electron chi connectivity index (χ3n) is 3.13. The summed E-state index contributed by atoms with van der Waals surface area (Å²) in [6, 6.07) is 1.73. The molecule has 0 spiro atoms. The lowest BCUT2D eigenvalue weighted by Crippen LogP contribution is -2.04. The van der Waals surface area contributed by atoms with Crippen molar-refractivity contribution in [2.45, 2.75) is 19.3 Å². The first-order valence-corrected chi connectivity index (χ1v) is 6.75. The lowest BCUT2D eigenvalue weighted by atomic mass is 10.3. The van der Waals surface area contributed by atoms with Gasteiger partial charge in [-0.3, -0.25) is 4.79 Å². The number of esters is 1. The van der Waals surface area contributed by atoms with Crippen LogP contribution in [0.15, 0.2) is 16.5 Å². The van der Waals surface area contributed by atoms with Crippen LogP contribution in [-0.2, 0) is 16.0 Å². The number of carbonyl (C=O) groups excluding carboxylic acids is 1. The second-order valence-corrected chi connectivity index (χ2v) is 4.76. The third kappa shape index (κ3) is 3.27. The van der Waals surface area contributed by atoms with E-state index < -0.39 is 30.2 Å². The fourth-order valence-corrected chi connectivity index (χ4v) is 2.01. The molecule has 0 N–H and O–H groups in total. The monoisotopic (exact) mass is 359 g/mol. The highest BCUT2D eigenvalue weighted by Crippen LogP contribution is 2.27. The van der Waals surface area contributed by atoms with Gasteiger partial charge in [0.1, 0.15) is 17.8 Å². The van der Waals surface area contributed by atoms with Gasteiger partial charge in [-0.15, -0.1) is 10.2 Å². The van der Waals surface area contributed by atoms with Gasteiger partial charge in [0, 0.05) is 6.07 Å². The van der Waals surface area contributed by atoms with Gasteiger partial charge in [-0.2, -0.15) is 5.10 Å². The molecule has 0 aliphatic carbocycles. The molecule has 0 aliphatic heterocycles. The Morgan fingerprint density at radius 2 is 2.00 bits per heavy atom. The van der Waals surface area contributed by atoms with Gasteiger partial charge in [-0.1, -0.05) is 0 Å². The number of nitrogens with zero attached hydrogens (tertiary/aromatic N) is 5. The van der Waals surface area contributed by atoms with Crippen LogP contribution in [0.4, 0.5) is 17.6 Å². The molecule has 0 bridgehead atoms. The summed E-state index contributed by atoms with van der Waals surface area (Å²) in [5.74, 6) is -0.870. The molecule has 12 heteroatoms. The van der Waals surface area contributed by atoms with E-state index in [0.717, 1.165) is 10.6 Å². The fraction of sp³-hybridized carbons (Fsp3) is 0.308. The van der Waals surface area contributed by atoms with E-state index in [2.05, 4.69) is 25.0 Å². The average Bonchev–Trinajstić information content (AvgIpc) is 3.19. The molecule has 3 aromatic heterocycles. The molecule has 0 saturated carbocycles. The van der Waals surface area contributed by atoms with Crippen LogP contribution in [-0.4, -0.2) is 37.9 Å². The van der Waals surface area contributed by atoms with Crippen molar-refractivity contribution >= 4 is 11.6 Å². The number of methoxy groups -OCH3 is 1. The molecule has 0 unspecified atom stereocenters. The minimum Gasteiger partial charge on any atom is -0.469 e. The molecule has 0 radical (unpaired) electrons. The molecule has 0 amide bonds. The van der Waals surface area contributed by atoms with Crippen molar-refractivity contribution < 1.29 is 31.5 Å². The normalized spacial score (nSPS) is 11.6. The van der Waals surface area contributed by atoms with Crippen molar-refractivity contribution in [3.63, 3.8) is 0 Å². The first-order valence-electron chi connectivity index (χ1n) is 6.75. The van der Waals surface area contributed by atoms with Gasteiger partial charge < -0.3 is 9.15 Å². The number of carbonyl (C=O) groups is 1. The number of alkyl halides is 4. The summed E-state index contributed by atoms with van der Waals surface area (Å²) >= 11 is 0. The van der Waals surface area contributed by atoms with Crippen molar-refractivity contribution in [1.82, 2.24) is 24.8 Å². The van der Waals surface area contributed by atoms with Crippen LogP contribution in [0.2, 0.25) is 0 Å². The van der Waals surface area contributed by atoms with Gasteiger partial charge >= 0.3 is 5.97 Å². The molecule has 8 nitrogen and oxygen atoms in total. The minimum atomic E-state index is -3.05. The Kier molecular flexibility index (Phi) is 4.33. The third-order valence-corrected chi connectivity index (χ3v) is 3.13. The molecule has 25 heavy (non-hydrogen) atoms. The van der Waals surface area contributed by atoms with Gasteiger partial charge in [0.25, 0.3) is 18.7 Å².